The molecule has 1 N–H and O–H groups in total. The number of unbranched alkanes of at least 4 members (excludes halogenated alkanes) is 1. The fraction of sp³-hybridized carbons (Fsp3) is 0.917. The van der Waals surface area contributed by atoms with Gasteiger partial charge in [0.1, 0.15) is 0 Å². The van der Waals surface area contributed by atoms with Crippen molar-refractivity contribution in [2.45, 2.75) is 45.6 Å². The molecule has 1 aliphatic heterocycles. The third-order valence-corrected chi connectivity index (χ3v) is 2.91. The highest BCUT2D eigenvalue weighted by atomic mass is 16.5. The molecule has 0 aliphatic carbocycles. The average molecular weight is 228 g/mol. The highest BCUT2D eigenvalue weighted by molar-refractivity contribution is 5.83. The molecule has 0 saturated carbocycles. The van der Waals surface area contributed by atoms with Crippen LogP contribution < -0.4 is 5.32 Å². The molecule has 94 valence electrons. The summed E-state index contributed by atoms with van der Waals surface area (Å²) in [6.07, 6.45) is 4.17. The molecule has 4 nitrogen and oxygen atoms in total. The van der Waals surface area contributed by atoms with E-state index in [4.69, 9.17) is 4.74 Å². The van der Waals surface area contributed by atoms with Crippen LogP contribution in [0.15, 0.2) is 0 Å². The van der Waals surface area contributed by atoms with Gasteiger partial charge < -0.3 is 9.64 Å². The van der Waals surface area contributed by atoms with E-state index in [1.165, 1.54) is 0 Å². The first-order chi connectivity index (χ1) is 7.79. The Morgan fingerprint density at radius 2 is 2.25 bits per heavy atom. The van der Waals surface area contributed by atoms with Crippen molar-refractivity contribution in [2.24, 2.45) is 0 Å². The van der Waals surface area contributed by atoms with Gasteiger partial charge in [0.15, 0.2) is 0 Å². The molecule has 16 heavy (non-hydrogen) atoms. The Morgan fingerprint density at radius 1 is 1.44 bits per heavy atom. The van der Waals surface area contributed by atoms with E-state index >= 15 is 0 Å². The number of amides is 1. The first-order valence-electron chi connectivity index (χ1n) is 6.39. The quantitative estimate of drug-likeness (QED) is 0.638. The van der Waals surface area contributed by atoms with Crippen LogP contribution in [-0.2, 0) is 9.53 Å². The van der Waals surface area contributed by atoms with E-state index in [-0.39, 0.29) is 11.9 Å². The molecule has 1 heterocycles. The summed E-state index contributed by atoms with van der Waals surface area (Å²) in [6, 6.07) is 0.0621. The van der Waals surface area contributed by atoms with Crippen molar-refractivity contribution in [2.75, 3.05) is 26.4 Å². The Morgan fingerprint density at radius 3 is 2.94 bits per heavy atom. The molecule has 0 spiro atoms. The van der Waals surface area contributed by atoms with Crippen LogP contribution in [0.1, 0.15) is 39.5 Å². The van der Waals surface area contributed by atoms with Gasteiger partial charge in [-0.15, -0.1) is 0 Å². The Bertz CT molecular complexity index is 209. The van der Waals surface area contributed by atoms with E-state index in [0.717, 1.165) is 45.4 Å². The molecule has 1 amide bonds. The van der Waals surface area contributed by atoms with Crippen molar-refractivity contribution in [1.29, 1.82) is 0 Å². The summed E-state index contributed by atoms with van der Waals surface area (Å²) in [6.45, 7) is 7.17. The molecule has 1 atom stereocenters. The molecule has 0 aromatic rings. The van der Waals surface area contributed by atoms with Gasteiger partial charge in [0, 0.05) is 19.8 Å². The number of nitrogens with zero attached hydrogens (tertiary/aromatic N) is 1. The first-order valence-corrected chi connectivity index (χ1v) is 6.39. The lowest BCUT2D eigenvalue weighted by Gasteiger charge is -2.15. The Balaban J connectivity index is 2.17. The van der Waals surface area contributed by atoms with Crippen molar-refractivity contribution in [3.8, 4) is 0 Å². The van der Waals surface area contributed by atoms with Gasteiger partial charge in [0.05, 0.1) is 12.7 Å². The normalized spacial score (nSPS) is 20.8. The van der Waals surface area contributed by atoms with Gasteiger partial charge in [-0.1, -0.05) is 19.8 Å². The highest BCUT2D eigenvalue weighted by Gasteiger charge is 2.29. The van der Waals surface area contributed by atoms with E-state index in [9.17, 15) is 4.79 Å². The molecular weight excluding hydrogens is 204 g/mol. The summed E-state index contributed by atoms with van der Waals surface area (Å²) in [5.41, 5.74) is 0. The molecule has 0 bridgehead atoms. The van der Waals surface area contributed by atoms with Crippen molar-refractivity contribution in [3.05, 3.63) is 0 Å². The van der Waals surface area contributed by atoms with E-state index in [0.29, 0.717) is 6.67 Å². The molecule has 1 unspecified atom stereocenters. The lowest BCUT2D eigenvalue weighted by molar-refractivity contribution is -0.129. The zero-order valence-corrected chi connectivity index (χ0v) is 10.5. The second-order valence-corrected chi connectivity index (χ2v) is 4.21. The van der Waals surface area contributed by atoms with E-state index in [2.05, 4.69) is 12.2 Å². The SMILES string of the molecule is CCCCC1NCN(CCCOCC)C1=O. The van der Waals surface area contributed by atoms with E-state index in [1.807, 2.05) is 11.8 Å². The minimum atomic E-state index is 0.0621. The van der Waals surface area contributed by atoms with Crippen molar-refractivity contribution in [3.63, 3.8) is 0 Å². The van der Waals surface area contributed by atoms with E-state index in [1.54, 1.807) is 0 Å². The lowest BCUT2D eigenvalue weighted by Crippen LogP contribution is -2.31. The van der Waals surface area contributed by atoms with Crippen LogP contribution in [0.3, 0.4) is 0 Å². The standard InChI is InChI=1S/C12H24N2O2/c1-3-5-7-11-12(15)14(10-13-11)8-6-9-16-4-2/h11,13H,3-10H2,1-2H3. The number of carbonyl (C=O) groups excluding carboxylic acids is 1. The minimum absolute atomic E-state index is 0.0621. The van der Waals surface area contributed by atoms with Gasteiger partial charge in [-0.3, -0.25) is 10.1 Å². The molecule has 1 rings (SSSR count). The van der Waals surface area contributed by atoms with Crippen LogP contribution in [0.5, 0.6) is 0 Å². The summed E-state index contributed by atoms with van der Waals surface area (Å²) < 4.78 is 5.26. The number of carbonyl (C=O) groups is 1. The Hall–Kier alpha value is -0.610. The van der Waals surface area contributed by atoms with Crippen molar-refractivity contribution in [1.82, 2.24) is 10.2 Å². The predicted octanol–water partition coefficient (Wildman–Crippen LogP) is 1.36. The van der Waals surface area contributed by atoms with Crippen molar-refractivity contribution < 1.29 is 9.53 Å². The molecular formula is C12H24N2O2. The Kier molecular flexibility index (Phi) is 6.42. The summed E-state index contributed by atoms with van der Waals surface area (Å²) in [4.78, 5) is 13.8. The number of nitrogens with one attached hydrogen (secondary N) is 1. The molecule has 0 radical (unpaired) electrons. The van der Waals surface area contributed by atoms with Gasteiger partial charge in [-0.25, -0.2) is 0 Å². The minimum Gasteiger partial charge on any atom is -0.382 e. The zero-order valence-electron chi connectivity index (χ0n) is 10.5. The summed E-state index contributed by atoms with van der Waals surface area (Å²) in [5.74, 6) is 0.268. The van der Waals surface area contributed by atoms with Crippen LogP contribution in [0.2, 0.25) is 0 Å². The third-order valence-electron chi connectivity index (χ3n) is 2.91. The van der Waals surface area contributed by atoms with Crippen LogP contribution >= 0.6 is 0 Å². The maximum Gasteiger partial charge on any atom is 0.240 e. The second kappa shape index (κ2) is 7.63. The van der Waals surface area contributed by atoms with Gasteiger partial charge >= 0.3 is 0 Å². The van der Waals surface area contributed by atoms with Gasteiger partial charge in [0.25, 0.3) is 0 Å². The fourth-order valence-corrected chi connectivity index (χ4v) is 1.93. The monoisotopic (exact) mass is 228 g/mol. The summed E-state index contributed by atoms with van der Waals surface area (Å²) >= 11 is 0. The number of hydrogen-bond donors (Lipinski definition) is 1. The molecule has 4 heteroatoms. The largest absolute Gasteiger partial charge is 0.382 e. The third kappa shape index (κ3) is 4.10. The smallest absolute Gasteiger partial charge is 0.240 e. The van der Waals surface area contributed by atoms with Gasteiger partial charge in [0.2, 0.25) is 5.91 Å². The fourth-order valence-electron chi connectivity index (χ4n) is 1.93. The van der Waals surface area contributed by atoms with Crippen LogP contribution in [0.25, 0.3) is 0 Å². The molecule has 1 saturated heterocycles. The highest BCUT2D eigenvalue weighted by Crippen LogP contribution is 2.10. The van der Waals surface area contributed by atoms with Crippen LogP contribution in [0, 0.1) is 0 Å². The topological polar surface area (TPSA) is 41.6 Å². The van der Waals surface area contributed by atoms with E-state index < -0.39 is 0 Å². The maximum atomic E-state index is 11.9. The predicted molar refractivity (Wildman–Crippen MR) is 64.1 cm³/mol. The zero-order chi connectivity index (χ0) is 11.8. The molecule has 1 aliphatic rings. The maximum absolute atomic E-state index is 11.9. The number of ether oxygens (including phenoxy) is 1. The molecule has 1 fully saturated rings. The van der Waals surface area contributed by atoms with Crippen LogP contribution in [-0.4, -0.2) is 43.3 Å². The van der Waals surface area contributed by atoms with Gasteiger partial charge in [-0.2, -0.15) is 0 Å². The number of hydrogen-bond acceptors (Lipinski definition) is 3. The summed E-state index contributed by atoms with van der Waals surface area (Å²) in [5, 5.41) is 3.27. The van der Waals surface area contributed by atoms with Gasteiger partial charge in [-0.05, 0) is 19.8 Å². The number of rotatable bonds is 8. The second-order valence-electron chi connectivity index (χ2n) is 4.21. The lowest BCUT2D eigenvalue weighted by atomic mass is 10.1. The van der Waals surface area contributed by atoms with Crippen molar-refractivity contribution >= 4 is 5.91 Å². The van der Waals surface area contributed by atoms with Crippen LogP contribution in [0.4, 0.5) is 0 Å². The average Bonchev–Trinajstić information content (AvgIpc) is 2.64. The first kappa shape index (κ1) is 13.5. The Labute approximate surface area is 98.3 Å². The molecule has 0 aromatic heterocycles. The molecule has 0 aromatic carbocycles. The summed E-state index contributed by atoms with van der Waals surface area (Å²) in [7, 11) is 0.